The van der Waals surface area contributed by atoms with Crippen LogP contribution in [0.25, 0.3) is 0 Å². The van der Waals surface area contributed by atoms with Gasteiger partial charge >= 0.3 is 6.09 Å². The van der Waals surface area contributed by atoms with E-state index < -0.39 is 5.60 Å². The molecule has 1 fully saturated rings. The van der Waals surface area contributed by atoms with Crippen molar-refractivity contribution in [3.05, 3.63) is 52.9 Å². The molecular weight excluding hydrogens is 408 g/mol. The number of furan rings is 1. The standard InChI is InChI=1S/C22H27ClN2O5/c1-22(2,3)30-21(27)25-12-4-11-24(13-14-25)20(26)19-10-9-18(29-19)15-28-17-7-5-16(23)6-8-17/h5-10H,4,11-15H2,1-3H3. The van der Waals surface area contributed by atoms with Gasteiger partial charge in [0.15, 0.2) is 5.76 Å². The van der Waals surface area contributed by atoms with Gasteiger partial charge < -0.3 is 23.7 Å². The Bertz CT molecular complexity index is 872. The van der Waals surface area contributed by atoms with E-state index in [0.29, 0.717) is 49.1 Å². The number of benzene rings is 1. The third-order valence-corrected chi connectivity index (χ3v) is 4.75. The van der Waals surface area contributed by atoms with Crippen molar-refractivity contribution in [2.24, 2.45) is 0 Å². The highest BCUT2D eigenvalue weighted by atomic mass is 35.5. The van der Waals surface area contributed by atoms with E-state index in [9.17, 15) is 9.59 Å². The zero-order valence-corrected chi connectivity index (χ0v) is 18.3. The lowest BCUT2D eigenvalue weighted by Crippen LogP contribution is -2.40. The molecule has 0 atom stereocenters. The molecule has 3 rings (SSSR count). The first kappa shape index (κ1) is 22.0. The molecule has 7 nitrogen and oxygen atoms in total. The van der Waals surface area contributed by atoms with E-state index in [1.54, 1.807) is 46.2 Å². The van der Waals surface area contributed by atoms with E-state index in [2.05, 4.69) is 0 Å². The number of carbonyl (C=O) groups is 2. The Morgan fingerprint density at radius 3 is 2.37 bits per heavy atom. The van der Waals surface area contributed by atoms with Gasteiger partial charge in [0.05, 0.1) is 0 Å². The smallest absolute Gasteiger partial charge is 0.410 e. The van der Waals surface area contributed by atoms with Crippen LogP contribution < -0.4 is 4.74 Å². The van der Waals surface area contributed by atoms with Crippen molar-refractivity contribution in [1.82, 2.24) is 9.80 Å². The minimum atomic E-state index is -0.544. The number of rotatable bonds is 4. The van der Waals surface area contributed by atoms with Crippen molar-refractivity contribution in [3.8, 4) is 5.75 Å². The molecular formula is C22H27ClN2O5. The lowest BCUT2D eigenvalue weighted by molar-refractivity contribution is 0.0255. The molecule has 1 aliphatic rings. The quantitative estimate of drug-likeness (QED) is 0.703. The van der Waals surface area contributed by atoms with Gasteiger partial charge in [0.1, 0.15) is 23.7 Å². The zero-order valence-electron chi connectivity index (χ0n) is 17.5. The SMILES string of the molecule is CC(C)(C)OC(=O)N1CCCN(C(=O)c2ccc(COc3ccc(Cl)cc3)o2)CC1. The molecule has 0 bridgehead atoms. The monoisotopic (exact) mass is 434 g/mol. The first-order valence-corrected chi connectivity index (χ1v) is 10.3. The normalized spacial score (nSPS) is 14.9. The van der Waals surface area contributed by atoms with Gasteiger partial charge in [-0.15, -0.1) is 0 Å². The van der Waals surface area contributed by atoms with Gasteiger partial charge in [0.25, 0.3) is 5.91 Å². The average Bonchev–Trinajstić information content (AvgIpc) is 3.01. The Labute approximate surface area is 181 Å². The Morgan fingerprint density at radius 2 is 1.67 bits per heavy atom. The molecule has 30 heavy (non-hydrogen) atoms. The van der Waals surface area contributed by atoms with E-state index in [4.69, 9.17) is 25.5 Å². The second-order valence-corrected chi connectivity index (χ2v) is 8.56. The minimum Gasteiger partial charge on any atom is -0.486 e. The van der Waals surface area contributed by atoms with Gasteiger partial charge in [-0.2, -0.15) is 0 Å². The summed E-state index contributed by atoms with van der Waals surface area (Å²) in [4.78, 5) is 28.5. The Morgan fingerprint density at radius 1 is 1.00 bits per heavy atom. The number of hydrogen-bond acceptors (Lipinski definition) is 5. The van der Waals surface area contributed by atoms with E-state index in [1.165, 1.54) is 0 Å². The van der Waals surface area contributed by atoms with Crippen LogP contribution in [0, 0.1) is 0 Å². The molecule has 0 N–H and O–H groups in total. The predicted octanol–water partition coefficient (Wildman–Crippen LogP) is 4.60. The van der Waals surface area contributed by atoms with Crippen LogP contribution in [0.5, 0.6) is 5.75 Å². The number of hydrogen-bond donors (Lipinski definition) is 0. The molecule has 1 saturated heterocycles. The maximum Gasteiger partial charge on any atom is 0.410 e. The van der Waals surface area contributed by atoms with E-state index in [1.807, 2.05) is 20.8 Å². The van der Waals surface area contributed by atoms with Crippen LogP contribution in [0.4, 0.5) is 4.79 Å². The van der Waals surface area contributed by atoms with Crippen molar-refractivity contribution < 1.29 is 23.5 Å². The van der Waals surface area contributed by atoms with Crippen LogP contribution >= 0.6 is 11.6 Å². The topological polar surface area (TPSA) is 72.2 Å². The molecule has 0 aliphatic carbocycles. The van der Waals surface area contributed by atoms with Crippen molar-refractivity contribution in [3.63, 3.8) is 0 Å². The summed E-state index contributed by atoms with van der Waals surface area (Å²) in [7, 11) is 0. The fourth-order valence-corrected chi connectivity index (χ4v) is 3.17. The van der Waals surface area contributed by atoms with Crippen LogP contribution in [0.3, 0.4) is 0 Å². The van der Waals surface area contributed by atoms with Crippen molar-refractivity contribution in [2.75, 3.05) is 26.2 Å². The molecule has 1 aliphatic heterocycles. The lowest BCUT2D eigenvalue weighted by Gasteiger charge is -2.26. The number of amides is 2. The lowest BCUT2D eigenvalue weighted by atomic mass is 10.2. The van der Waals surface area contributed by atoms with Gasteiger partial charge in [-0.25, -0.2) is 4.79 Å². The number of nitrogens with zero attached hydrogens (tertiary/aromatic N) is 2. The van der Waals surface area contributed by atoms with Crippen LogP contribution in [-0.4, -0.2) is 53.6 Å². The minimum absolute atomic E-state index is 0.196. The molecule has 1 aromatic carbocycles. The summed E-state index contributed by atoms with van der Waals surface area (Å²) in [6.45, 7) is 7.67. The van der Waals surface area contributed by atoms with Gasteiger partial charge in [0.2, 0.25) is 0 Å². The molecule has 0 radical (unpaired) electrons. The molecule has 8 heteroatoms. The Balaban J connectivity index is 1.54. The molecule has 1 aromatic heterocycles. The van der Waals surface area contributed by atoms with Crippen LogP contribution in [-0.2, 0) is 11.3 Å². The van der Waals surface area contributed by atoms with Gasteiger partial charge in [-0.1, -0.05) is 11.6 Å². The van der Waals surface area contributed by atoms with Crippen LogP contribution in [0.15, 0.2) is 40.8 Å². The van der Waals surface area contributed by atoms with Crippen molar-refractivity contribution in [1.29, 1.82) is 0 Å². The second-order valence-electron chi connectivity index (χ2n) is 8.12. The average molecular weight is 435 g/mol. The molecule has 0 unspecified atom stereocenters. The largest absolute Gasteiger partial charge is 0.486 e. The van der Waals surface area contributed by atoms with E-state index in [-0.39, 0.29) is 24.4 Å². The number of halogens is 1. The highest BCUT2D eigenvalue weighted by molar-refractivity contribution is 6.30. The summed E-state index contributed by atoms with van der Waals surface area (Å²) in [6, 6.07) is 10.4. The highest BCUT2D eigenvalue weighted by Gasteiger charge is 2.27. The Hall–Kier alpha value is -2.67. The third kappa shape index (κ3) is 6.16. The first-order chi connectivity index (χ1) is 14.2. The van der Waals surface area contributed by atoms with Gasteiger partial charge in [-0.05, 0) is 63.6 Å². The van der Waals surface area contributed by atoms with E-state index in [0.717, 1.165) is 0 Å². The molecule has 0 spiro atoms. The van der Waals surface area contributed by atoms with E-state index >= 15 is 0 Å². The second kappa shape index (κ2) is 9.43. The van der Waals surface area contributed by atoms with Crippen molar-refractivity contribution >= 4 is 23.6 Å². The molecule has 2 heterocycles. The Kier molecular flexibility index (Phi) is 6.92. The third-order valence-electron chi connectivity index (χ3n) is 4.50. The fraction of sp³-hybridized carbons (Fsp3) is 0.455. The summed E-state index contributed by atoms with van der Waals surface area (Å²) in [5.41, 5.74) is -0.544. The molecule has 2 aromatic rings. The molecule has 0 saturated carbocycles. The predicted molar refractivity (Wildman–Crippen MR) is 113 cm³/mol. The van der Waals surface area contributed by atoms with Crippen LogP contribution in [0.1, 0.15) is 43.5 Å². The number of carbonyl (C=O) groups excluding carboxylic acids is 2. The maximum atomic E-state index is 12.8. The molecule has 2 amide bonds. The van der Waals surface area contributed by atoms with Crippen molar-refractivity contribution in [2.45, 2.75) is 39.4 Å². The fourth-order valence-electron chi connectivity index (χ4n) is 3.04. The van der Waals surface area contributed by atoms with Gasteiger partial charge in [-0.3, -0.25) is 4.79 Å². The summed E-state index contributed by atoms with van der Waals surface area (Å²) >= 11 is 5.86. The summed E-state index contributed by atoms with van der Waals surface area (Å²) < 4.78 is 16.8. The maximum absolute atomic E-state index is 12.8. The zero-order chi connectivity index (χ0) is 21.7. The first-order valence-electron chi connectivity index (χ1n) is 9.95. The summed E-state index contributed by atoms with van der Waals surface area (Å²) in [5, 5.41) is 0.635. The van der Waals surface area contributed by atoms with Gasteiger partial charge in [0, 0.05) is 31.2 Å². The highest BCUT2D eigenvalue weighted by Crippen LogP contribution is 2.19. The number of ether oxygens (including phenoxy) is 2. The van der Waals surface area contributed by atoms with Crippen LogP contribution in [0.2, 0.25) is 5.02 Å². The summed E-state index contributed by atoms with van der Waals surface area (Å²) in [5.74, 6) is 1.28. The molecule has 162 valence electrons. The summed E-state index contributed by atoms with van der Waals surface area (Å²) in [6.07, 6.45) is 0.328.